The maximum atomic E-state index is 12.5. The molecule has 3 aromatic rings. The lowest BCUT2D eigenvalue weighted by atomic mass is 10.2. The average Bonchev–Trinajstić information content (AvgIpc) is 3.16. The number of carbonyl (C=O) groups is 2. The van der Waals surface area contributed by atoms with Crippen molar-refractivity contribution < 1.29 is 18.8 Å². The zero-order chi connectivity index (χ0) is 21.7. The fraction of sp³-hybridized carbons (Fsp3) is 0.250. The first kappa shape index (κ1) is 21.3. The summed E-state index contributed by atoms with van der Waals surface area (Å²) in [6.07, 6.45) is 2.61. The summed E-state index contributed by atoms with van der Waals surface area (Å²) < 4.78 is 10.3. The minimum absolute atomic E-state index is 0.00610. The number of benzene rings is 1. The van der Waals surface area contributed by atoms with Gasteiger partial charge >= 0.3 is 6.09 Å². The smallest absolute Gasteiger partial charge is 0.412 e. The second-order valence-electron chi connectivity index (χ2n) is 7.26. The first-order valence-electron chi connectivity index (χ1n) is 9.02. The zero-order valence-electron chi connectivity index (χ0n) is 16.6. The molecule has 30 heavy (non-hydrogen) atoms. The summed E-state index contributed by atoms with van der Waals surface area (Å²) in [7, 11) is 0. The third kappa shape index (κ3) is 5.77. The van der Waals surface area contributed by atoms with Crippen LogP contribution in [0.4, 0.5) is 10.5 Å². The molecule has 0 saturated carbocycles. The van der Waals surface area contributed by atoms with Gasteiger partial charge < -0.3 is 14.6 Å². The molecule has 0 unspecified atom stereocenters. The lowest BCUT2D eigenvalue weighted by Gasteiger charge is -2.19. The fourth-order valence-corrected chi connectivity index (χ4v) is 2.59. The van der Waals surface area contributed by atoms with E-state index in [1.54, 1.807) is 51.4 Å². The highest BCUT2D eigenvalue weighted by Gasteiger charge is 2.18. The lowest BCUT2D eigenvalue weighted by Crippen LogP contribution is -2.27. The van der Waals surface area contributed by atoms with Crippen LogP contribution in [0.3, 0.4) is 0 Å². The lowest BCUT2D eigenvalue weighted by molar-refractivity contribution is 0.0635. The number of halogens is 1. The third-order valence-electron chi connectivity index (χ3n) is 3.64. The maximum absolute atomic E-state index is 12.5. The number of aromatic nitrogens is 3. The van der Waals surface area contributed by atoms with Crippen LogP contribution in [0.2, 0.25) is 5.02 Å². The normalized spacial score (nSPS) is 11.1. The van der Waals surface area contributed by atoms with Gasteiger partial charge in [0.1, 0.15) is 5.60 Å². The summed E-state index contributed by atoms with van der Waals surface area (Å²) in [5.41, 5.74) is 0.602. The Labute approximate surface area is 177 Å². The Morgan fingerprint density at radius 3 is 2.73 bits per heavy atom. The number of hydrogen-bond donors (Lipinski definition) is 2. The van der Waals surface area contributed by atoms with Crippen molar-refractivity contribution in [1.29, 1.82) is 0 Å². The van der Waals surface area contributed by atoms with Gasteiger partial charge in [-0.3, -0.25) is 15.1 Å². The average molecular weight is 430 g/mol. The van der Waals surface area contributed by atoms with E-state index in [4.69, 9.17) is 20.9 Å². The molecular formula is C20H20ClN5O4. The van der Waals surface area contributed by atoms with Gasteiger partial charge in [0.2, 0.25) is 11.7 Å². The number of rotatable bonds is 5. The minimum Gasteiger partial charge on any atom is -0.444 e. The molecule has 2 amide bonds. The van der Waals surface area contributed by atoms with E-state index in [-0.39, 0.29) is 23.0 Å². The Kier molecular flexibility index (Phi) is 6.31. The van der Waals surface area contributed by atoms with E-state index in [1.807, 2.05) is 0 Å². The van der Waals surface area contributed by atoms with Crippen LogP contribution in [0.5, 0.6) is 0 Å². The van der Waals surface area contributed by atoms with Crippen molar-refractivity contribution in [1.82, 2.24) is 20.4 Å². The predicted octanol–water partition coefficient (Wildman–Crippen LogP) is 4.06. The summed E-state index contributed by atoms with van der Waals surface area (Å²) >= 11 is 6.14. The summed E-state index contributed by atoms with van der Waals surface area (Å²) in [4.78, 5) is 32.7. The first-order chi connectivity index (χ1) is 14.2. The zero-order valence-corrected chi connectivity index (χ0v) is 17.4. The summed E-state index contributed by atoms with van der Waals surface area (Å²) in [5.74, 6) is 0.129. The Hall–Kier alpha value is -3.46. The van der Waals surface area contributed by atoms with E-state index < -0.39 is 17.6 Å². The van der Waals surface area contributed by atoms with Crippen molar-refractivity contribution in [3.63, 3.8) is 0 Å². The van der Waals surface area contributed by atoms with Crippen LogP contribution in [-0.2, 0) is 11.3 Å². The molecule has 0 spiro atoms. The number of hydrogen-bond acceptors (Lipinski definition) is 7. The second kappa shape index (κ2) is 8.91. The van der Waals surface area contributed by atoms with Gasteiger partial charge in [-0.15, -0.1) is 0 Å². The van der Waals surface area contributed by atoms with E-state index in [0.29, 0.717) is 17.1 Å². The number of pyridine rings is 1. The Bertz CT molecular complexity index is 1050. The number of carbonyl (C=O) groups excluding carboxylic acids is 2. The second-order valence-corrected chi connectivity index (χ2v) is 7.66. The molecule has 0 fully saturated rings. The van der Waals surface area contributed by atoms with E-state index in [9.17, 15) is 9.59 Å². The molecular weight excluding hydrogens is 410 g/mol. The van der Waals surface area contributed by atoms with Gasteiger partial charge in [-0.1, -0.05) is 16.8 Å². The molecule has 0 radical (unpaired) electrons. The largest absolute Gasteiger partial charge is 0.444 e. The van der Waals surface area contributed by atoms with Gasteiger partial charge in [0.05, 0.1) is 17.1 Å². The van der Waals surface area contributed by atoms with Gasteiger partial charge in [-0.05, 0) is 51.1 Å². The summed E-state index contributed by atoms with van der Waals surface area (Å²) in [6.45, 7) is 5.27. The summed E-state index contributed by atoms with van der Waals surface area (Å²) in [6, 6.07) is 8.09. The van der Waals surface area contributed by atoms with Crippen molar-refractivity contribution in [2.75, 3.05) is 5.32 Å². The van der Waals surface area contributed by atoms with Crippen molar-refractivity contribution in [3.05, 3.63) is 59.2 Å². The molecule has 1 aromatic carbocycles. The van der Waals surface area contributed by atoms with Crippen molar-refractivity contribution >= 4 is 29.3 Å². The van der Waals surface area contributed by atoms with Crippen LogP contribution in [0.25, 0.3) is 11.4 Å². The summed E-state index contributed by atoms with van der Waals surface area (Å²) in [5, 5.41) is 9.32. The molecule has 156 valence electrons. The predicted molar refractivity (Wildman–Crippen MR) is 110 cm³/mol. The van der Waals surface area contributed by atoms with Crippen molar-refractivity contribution in [2.24, 2.45) is 0 Å². The standard InChI is InChI=1S/C20H20ClN5O4/c1-20(2,3)29-19(28)24-13-6-7-15(21)14(9-13)18(27)23-11-16-25-17(26-30-16)12-5-4-8-22-10-12/h4-10H,11H2,1-3H3,(H,23,27)(H,24,28). The van der Waals surface area contributed by atoms with E-state index >= 15 is 0 Å². The van der Waals surface area contributed by atoms with E-state index in [1.165, 1.54) is 12.1 Å². The molecule has 9 nitrogen and oxygen atoms in total. The molecule has 0 bridgehead atoms. The number of nitrogens with one attached hydrogen (secondary N) is 2. The molecule has 0 atom stereocenters. The third-order valence-corrected chi connectivity index (χ3v) is 3.97. The number of anilines is 1. The van der Waals surface area contributed by atoms with Gasteiger partial charge in [0, 0.05) is 23.6 Å². The van der Waals surface area contributed by atoms with Crippen LogP contribution in [-0.4, -0.2) is 32.7 Å². The Balaban J connectivity index is 1.64. The fourth-order valence-electron chi connectivity index (χ4n) is 2.39. The molecule has 2 aromatic heterocycles. The van der Waals surface area contributed by atoms with E-state index in [2.05, 4.69) is 25.8 Å². The van der Waals surface area contributed by atoms with Gasteiger partial charge in [0.25, 0.3) is 5.91 Å². The number of nitrogens with zero attached hydrogens (tertiary/aromatic N) is 3. The molecule has 0 saturated heterocycles. The number of ether oxygens (including phenoxy) is 1. The topological polar surface area (TPSA) is 119 Å². The van der Waals surface area contributed by atoms with Crippen LogP contribution in [0.1, 0.15) is 37.0 Å². The van der Waals surface area contributed by atoms with E-state index in [0.717, 1.165) is 0 Å². The number of amides is 2. The molecule has 0 aliphatic carbocycles. The maximum Gasteiger partial charge on any atom is 0.412 e. The highest BCUT2D eigenvalue weighted by atomic mass is 35.5. The van der Waals surface area contributed by atoms with Crippen LogP contribution in [0.15, 0.2) is 47.2 Å². The minimum atomic E-state index is -0.643. The van der Waals surface area contributed by atoms with Gasteiger partial charge in [-0.25, -0.2) is 4.79 Å². The van der Waals surface area contributed by atoms with Crippen LogP contribution < -0.4 is 10.6 Å². The van der Waals surface area contributed by atoms with Crippen LogP contribution in [0, 0.1) is 0 Å². The molecule has 2 N–H and O–H groups in total. The van der Waals surface area contributed by atoms with Gasteiger partial charge in [0.15, 0.2) is 0 Å². The molecule has 3 rings (SSSR count). The van der Waals surface area contributed by atoms with Crippen molar-refractivity contribution in [2.45, 2.75) is 32.9 Å². The quantitative estimate of drug-likeness (QED) is 0.627. The highest BCUT2D eigenvalue weighted by Crippen LogP contribution is 2.22. The molecule has 2 heterocycles. The monoisotopic (exact) mass is 429 g/mol. The molecule has 0 aliphatic heterocycles. The SMILES string of the molecule is CC(C)(C)OC(=O)Nc1ccc(Cl)c(C(=O)NCc2nc(-c3cccnc3)no2)c1. The first-order valence-corrected chi connectivity index (χ1v) is 9.40. The highest BCUT2D eigenvalue weighted by molar-refractivity contribution is 6.34. The Morgan fingerprint density at radius 1 is 1.23 bits per heavy atom. The van der Waals surface area contributed by atoms with Gasteiger partial charge in [-0.2, -0.15) is 4.98 Å². The molecule has 0 aliphatic rings. The molecule has 10 heteroatoms. The van der Waals surface area contributed by atoms with Crippen LogP contribution >= 0.6 is 11.6 Å². The van der Waals surface area contributed by atoms with Crippen molar-refractivity contribution in [3.8, 4) is 11.4 Å². The Morgan fingerprint density at radius 2 is 2.03 bits per heavy atom.